The van der Waals surface area contributed by atoms with E-state index in [-0.39, 0.29) is 16.7 Å². The van der Waals surface area contributed by atoms with Crippen molar-refractivity contribution in [1.29, 1.82) is 0 Å². The molecule has 6 nitrogen and oxygen atoms in total. The molecule has 0 saturated carbocycles. The highest BCUT2D eigenvalue weighted by Gasteiger charge is 2.14. The van der Waals surface area contributed by atoms with E-state index in [9.17, 15) is 13.2 Å². The molecule has 25 heavy (non-hydrogen) atoms. The van der Waals surface area contributed by atoms with E-state index in [1.807, 2.05) is 6.92 Å². The van der Waals surface area contributed by atoms with Crippen molar-refractivity contribution in [2.45, 2.75) is 25.7 Å². The maximum absolute atomic E-state index is 12.4. The lowest BCUT2D eigenvalue weighted by Gasteiger charge is -2.11. The van der Waals surface area contributed by atoms with E-state index < -0.39 is 10.0 Å². The Morgan fingerprint density at radius 2 is 1.56 bits per heavy atom. The Morgan fingerprint density at radius 1 is 1.00 bits per heavy atom. The van der Waals surface area contributed by atoms with Crippen LogP contribution in [0.4, 0.5) is 11.4 Å². The minimum atomic E-state index is -3.69. The summed E-state index contributed by atoms with van der Waals surface area (Å²) < 4.78 is 32.6. The van der Waals surface area contributed by atoms with Gasteiger partial charge in [-0.25, -0.2) is 8.42 Å². The monoisotopic (exact) mass is 362 g/mol. The first-order valence-electron chi connectivity index (χ1n) is 7.98. The molecule has 0 aliphatic rings. The van der Waals surface area contributed by atoms with Crippen molar-refractivity contribution in [3.63, 3.8) is 0 Å². The molecule has 7 heteroatoms. The molecule has 2 N–H and O–H groups in total. The summed E-state index contributed by atoms with van der Waals surface area (Å²) in [4.78, 5) is 11.8. The quantitative estimate of drug-likeness (QED) is 0.790. The van der Waals surface area contributed by atoms with Crippen molar-refractivity contribution in [2.24, 2.45) is 5.92 Å². The number of carbonyl (C=O) groups is 1. The van der Waals surface area contributed by atoms with Crippen molar-refractivity contribution in [3.05, 3.63) is 48.5 Å². The van der Waals surface area contributed by atoms with Gasteiger partial charge in [0.15, 0.2) is 0 Å². The average Bonchev–Trinajstić information content (AvgIpc) is 2.57. The van der Waals surface area contributed by atoms with E-state index in [2.05, 4.69) is 10.0 Å². The number of amides is 1. The Labute approximate surface area is 148 Å². The second kappa shape index (κ2) is 8.02. The number of ether oxygens (including phenoxy) is 1. The van der Waals surface area contributed by atoms with Crippen molar-refractivity contribution >= 4 is 27.3 Å². The van der Waals surface area contributed by atoms with Gasteiger partial charge in [0.05, 0.1) is 11.5 Å². The first-order valence-corrected chi connectivity index (χ1v) is 9.46. The van der Waals surface area contributed by atoms with Crippen LogP contribution in [0.15, 0.2) is 53.4 Å². The Bertz CT molecular complexity index is 813. The molecule has 0 spiro atoms. The molecule has 0 unspecified atom stereocenters. The summed E-state index contributed by atoms with van der Waals surface area (Å²) in [6.07, 6.45) is 0. The third kappa shape index (κ3) is 5.22. The molecule has 0 atom stereocenters. The van der Waals surface area contributed by atoms with Crippen LogP contribution < -0.4 is 14.8 Å². The fraction of sp³-hybridized carbons (Fsp3) is 0.278. The van der Waals surface area contributed by atoms with Gasteiger partial charge in [0, 0.05) is 17.3 Å². The molecule has 0 aliphatic carbocycles. The summed E-state index contributed by atoms with van der Waals surface area (Å²) in [5.74, 6) is 0.396. The molecule has 0 bridgehead atoms. The number of hydrogen-bond donors (Lipinski definition) is 2. The summed E-state index contributed by atoms with van der Waals surface area (Å²) >= 11 is 0. The molecule has 2 aromatic carbocycles. The SMILES string of the molecule is CCOc1ccc(S(=O)(=O)Nc2ccc(NC(=O)C(C)C)cc2)cc1. The second-order valence-electron chi connectivity index (χ2n) is 5.73. The molecule has 0 saturated heterocycles. The van der Waals surface area contributed by atoms with E-state index in [1.54, 1.807) is 50.2 Å². The molecular weight excluding hydrogens is 340 g/mol. The molecule has 1 amide bonds. The second-order valence-corrected chi connectivity index (χ2v) is 7.41. The number of rotatable bonds is 7. The molecule has 134 valence electrons. The van der Waals surface area contributed by atoms with Gasteiger partial charge < -0.3 is 10.1 Å². The topological polar surface area (TPSA) is 84.5 Å². The van der Waals surface area contributed by atoms with Gasteiger partial charge >= 0.3 is 0 Å². The zero-order valence-electron chi connectivity index (χ0n) is 14.4. The average molecular weight is 362 g/mol. The highest BCUT2D eigenvalue weighted by Crippen LogP contribution is 2.21. The van der Waals surface area contributed by atoms with Crippen LogP contribution in [0.2, 0.25) is 0 Å². The Balaban J connectivity index is 2.08. The first kappa shape index (κ1) is 18.8. The van der Waals surface area contributed by atoms with Crippen molar-refractivity contribution in [1.82, 2.24) is 0 Å². The van der Waals surface area contributed by atoms with Gasteiger partial charge in [-0.15, -0.1) is 0 Å². The lowest BCUT2D eigenvalue weighted by molar-refractivity contribution is -0.118. The van der Waals surface area contributed by atoms with Gasteiger partial charge in [-0.1, -0.05) is 13.8 Å². The van der Waals surface area contributed by atoms with Crippen molar-refractivity contribution in [2.75, 3.05) is 16.6 Å². The molecule has 2 rings (SSSR count). The highest BCUT2D eigenvalue weighted by molar-refractivity contribution is 7.92. The molecule has 0 aliphatic heterocycles. The maximum atomic E-state index is 12.4. The lowest BCUT2D eigenvalue weighted by Crippen LogP contribution is -2.17. The molecule has 0 radical (unpaired) electrons. The lowest BCUT2D eigenvalue weighted by atomic mass is 10.2. The minimum Gasteiger partial charge on any atom is -0.494 e. The molecule has 0 heterocycles. The van der Waals surface area contributed by atoms with E-state index in [0.29, 0.717) is 23.7 Å². The third-order valence-corrected chi connectivity index (χ3v) is 4.77. The van der Waals surface area contributed by atoms with Crippen LogP contribution in [0.1, 0.15) is 20.8 Å². The highest BCUT2D eigenvalue weighted by atomic mass is 32.2. The van der Waals surface area contributed by atoms with Crippen LogP contribution >= 0.6 is 0 Å². The summed E-state index contributed by atoms with van der Waals surface area (Å²) in [6.45, 7) is 5.98. The fourth-order valence-corrected chi connectivity index (χ4v) is 3.06. The van der Waals surface area contributed by atoms with Crippen molar-refractivity contribution in [3.8, 4) is 5.75 Å². The van der Waals surface area contributed by atoms with Gasteiger partial charge in [0.25, 0.3) is 10.0 Å². The molecular formula is C18H22N2O4S. The summed E-state index contributed by atoms with van der Waals surface area (Å²) in [7, 11) is -3.69. The van der Waals surface area contributed by atoms with Crippen LogP contribution in [-0.4, -0.2) is 20.9 Å². The molecule has 0 aromatic heterocycles. The summed E-state index contributed by atoms with van der Waals surface area (Å²) in [5.41, 5.74) is 1.03. The van der Waals surface area contributed by atoms with Gasteiger partial charge in [-0.3, -0.25) is 9.52 Å². The van der Waals surface area contributed by atoms with Gasteiger partial charge in [0.1, 0.15) is 5.75 Å². The molecule has 2 aromatic rings. The maximum Gasteiger partial charge on any atom is 0.261 e. The Morgan fingerprint density at radius 3 is 2.08 bits per heavy atom. The number of hydrogen-bond acceptors (Lipinski definition) is 4. The number of benzene rings is 2. The zero-order chi connectivity index (χ0) is 18.4. The van der Waals surface area contributed by atoms with Gasteiger partial charge in [-0.05, 0) is 55.5 Å². The molecule has 0 fully saturated rings. The number of carbonyl (C=O) groups excluding carboxylic acids is 1. The number of nitrogens with one attached hydrogen (secondary N) is 2. The van der Waals surface area contributed by atoms with Crippen LogP contribution in [0.5, 0.6) is 5.75 Å². The van der Waals surface area contributed by atoms with Crippen LogP contribution in [0.3, 0.4) is 0 Å². The predicted molar refractivity (Wildman–Crippen MR) is 98.3 cm³/mol. The van der Waals surface area contributed by atoms with E-state index >= 15 is 0 Å². The van der Waals surface area contributed by atoms with Gasteiger partial charge in [0.2, 0.25) is 5.91 Å². The predicted octanol–water partition coefficient (Wildman–Crippen LogP) is 3.48. The summed E-state index contributed by atoms with van der Waals surface area (Å²) in [5, 5.41) is 2.75. The van der Waals surface area contributed by atoms with Crippen LogP contribution in [-0.2, 0) is 14.8 Å². The van der Waals surface area contributed by atoms with Crippen LogP contribution in [0.25, 0.3) is 0 Å². The van der Waals surface area contributed by atoms with E-state index in [0.717, 1.165) is 0 Å². The van der Waals surface area contributed by atoms with E-state index in [1.165, 1.54) is 12.1 Å². The number of sulfonamides is 1. The largest absolute Gasteiger partial charge is 0.494 e. The third-order valence-electron chi connectivity index (χ3n) is 3.37. The van der Waals surface area contributed by atoms with Gasteiger partial charge in [-0.2, -0.15) is 0 Å². The fourth-order valence-electron chi connectivity index (χ4n) is 2.00. The zero-order valence-corrected chi connectivity index (χ0v) is 15.3. The van der Waals surface area contributed by atoms with Crippen molar-refractivity contribution < 1.29 is 17.9 Å². The normalized spacial score (nSPS) is 11.2. The van der Waals surface area contributed by atoms with Crippen LogP contribution in [0, 0.1) is 5.92 Å². The minimum absolute atomic E-state index is 0.0947. The van der Waals surface area contributed by atoms with E-state index in [4.69, 9.17) is 4.74 Å². The first-order chi connectivity index (χ1) is 11.8. The smallest absolute Gasteiger partial charge is 0.261 e. The Hall–Kier alpha value is -2.54. The standard InChI is InChI=1S/C18H22N2O4S/c1-4-24-16-9-11-17(12-10-16)25(22,23)20-15-7-5-14(6-8-15)19-18(21)13(2)3/h5-13,20H,4H2,1-3H3,(H,19,21). The summed E-state index contributed by atoms with van der Waals surface area (Å²) in [6, 6.07) is 12.7. The Kier molecular flexibility index (Phi) is 6.03. The number of anilines is 2.